The third kappa shape index (κ3) is 5.07. The van der Waals surface area contributed by atoms with Crippen LogP contribution in [0.1, 0.15) is 20.3 Å². The van der Waals surface area contributed by atoms with Crippen LogP contribution >= 0.6 is 0 Å². The second-order valence-corrected chi connectivity index (χ2v) is 1.58. The Morgan fingerprint density at radius 2 is 2.22 bits per heavy atom. The fourth-order valence-corrected chi connectivity index (χ4v) is 0.338. The van der Waals surface area contributed by atoms with Crippen molar-refractivity contribution in [2.45, 2.75) is 20.3 Å². The zero-order valence-electron chi connectivity index (χ0n) is 5.89. The number of hydrogen-bond donors (Lipinski definition) is 0. The van der Waals surface area contributed by atoms with Crippen molar-refractivity contribution in [1.29, 1.82) is 0 Å². The monoisotopic (exact) mass is 128 g/mol. The van der Waals surface area contributed by atoms with Crippen LogP contribution < -0.4 is 0 Å². The van der Waals surface area contributed by atoms with Gasteiger partial charge in [-0.2, -0.15) is 0 Å². The maximum Gasteiger partial charge on any atom is 0.158 e. The first kappa shape index (κ1) is 8.21. The lowest BCUT2D eigenvalue weighted by atomic mass is 10.3. The van der Waals surface area contributed by atoms with E-state index in [0.29, 0.717) is 13.0 Å². The molecule has 0 rings (SSSR count). The van der Waals surface area contributed by atoms with Crippen LogP contribution in [0.2, 0.25) is 0 Å². The van der Waals surface area contributed by atoms with Gasteiger partial charge in [0.2, 0.25) is 0 Å². The Morgan fingerprint density at radius 3 is 2.67 bits per heavy atom. The molecule has 0 atom stereocenters. The molecule has 0 bridgehead atoms. The molecular weight excluding hydrogens is 116 g/mol. The fourth-order valence-electron chi connectivity index (χ4n) is 0.338. The highest BCUT2D eigenvalue weighted by molar-refractivity contribution is 5.88. The first-order valence-corrected chi connectivity index (χ1v) is 3.12. The van der Waals surface area contributed by atoms with E-state index in [1.54, 1.807) is 0 Å². The average Bonchev–Trinajstić information content (AvgIpc) is 1.89. The molecule has 2 heteroatoms. The van der Waals surface area contributed by atoms with Crippen molar-refractivity contribution in [3.8, 4) is 0 Å². The van der Waals surface area contributed by atoms with Crippen LogP contribution in [-0.4, -0.2) is 12.4 Å². The van der Waals surface area contributed by atoms with Gasteiger partial charge in [-0.05, 0) is 6.92 Å². The van der Waals surface area contributed by atoms with Crippen LogP contribution in [-0.2, 0) is 9.53 Å². The molecule has 0 aromatic carbocycles. The highest BCUT2D eigenvalue weighted by Gasteiger charge is 1.86. The Kier molecular flexibility index (Phi) is 4.88. The zero-order valence-corrected chi connectivity index (χ0v) is 5.89. The van der Waals surface area contributed by atoms with Crippen LogP contribution in [0.25, 0.3) is 0 Å². The van der Waals surface area contributed by atoms with Crippen LogP contribution in [0.15, 0.2) is 12.3 Å². The van der Waals surface area contributed by atoms with Crippen LogP contribution in [0.4, 0.5) is 0 Å². The van der Waals surface area contributed by atoms with Gasteiger partial charge in [0.1, 0.15) is 0 Å². The first-order valence-electron chi connectivity index (χ1n) is 3.12. The molecule has 0 aromatic rings. The van der Waals surface area contributed by atoms with Gasteiger partial charge in [0.25, 0.3) is 0 Å². The van der Waals surface area contributed by atoms with Gasteiger partial charge in [0.05, 0.1) is 12.9 Å². The van der Waals surface area contributed by atoms with E-state index in [1.165, 1.54) is 12.3 Å². The Bertz CT molecular complexity index is 105. The van der Waals surface area contributed by atoms with Gasteiger partial charge >= 0.3 is 0 Å². The Morgan fingerprint density at radius 1 is 1.56 bits per heavy atom. The van der Waals surface area contributed by atoms with Crippen molar-refractivity contribution >= 4 is 5.78 Å². The molecule has 0 amide bonds. The maximum absolute atomic E-state index is 10.5. The van der Waals surface area contributed by atoms with Gasteiger partial charge in [-0.1, -0.05) is 6.92 Å². The van der Waals surface area contributed by atoms with Gasteiger partial charge in [-0.25, -0.2) is 0 Å². The SMILES string of the molecule is CCOC=CC(=O)CC. The Labute approximate surface area is 55.5 Å². The predicted octanol–water partition coefficient (Wildman–Crippen LogP) is 1.52. The van der Waals surface area contributed by atoms with Gasteiger partial charge in [0, 0.05) is 12.5 Å². The normalized spacial score (nSPS) is 10.0. The summed E-state index contributed by atoms with van der Waals surface area (Å²) in [4.78, 5) is 10.5. The number of ether oxygens (including phenoxy) is 1. The number of rotatable bonds is 4. The lowest BCUT2D eigenvalue weighted by Gasteiger charge is -1.89. The molecular formula is C7H12O2. The summed E-state index contributed by atoms with van der Waals surface area (Å²) in [5, 5.41) is 0. The molecule has 0 saturated carbocycles. The molecule has 0 unspecified atom stereocenters. The number of carbonyl (C=O) groups excluding carboxylic acids is 1. The minimum absolute atomic E-state index is 0.100. The molecule has 9 heavy (non-hydrogen) atoms. The fraction of sp³-hybridized carbons (Fsp3) is 0.571. The van der Waals surface area contributed by atoms with E-state index in [1.807, 2.05) is 13.8 Å². The van der Waals surface area contributed by atoms with Crippen LogP contribution in [0, 0.1) is 0 Å². The third-order valence-electron chi connectivity index (χ3n) is 0.865. The number of allylic oxidation sites excluding steroid dienone is 1. The lowest BCUT2D eigenvalue weighted by Crippen LogP contribution is -1.88. The summed E-state index contributed by atoms with van der Waals surface area (Å²) in [5.41, 5.74) is 0. The Balaban J connectivity index is 3.32. The molecule has 0 saturated heterocycles. The zero-order chi connectivity index (χ0) is 7.11. The predicted molar refractivity (Wildman–Crippen MR) is 36.1 cm³/mol. The van der Waals surface area contributed by atoms with Crippen molar-refractivity contribution in [3.05, 3.63) is 12.3 Å². The molecule has 0 spiro atoms. The van der Waals surface area contributed by atoms with E-state index in [2.05, 4.69) is 0 Å². The number of hydrogen-bond acceptors (Lipinski definition) is 2. The van der Waals surface area contributed by atoms with Gasteiger partial charge in [-0.15, -0.1) is 0 Å². The molecule has 0 aliphatic heterocycles. The average molecular weight is 128 g/mol. The maximum atomic E-state index is 10.5. The highest BCUT2D eigenvalue weighted by atomic mass is 16.5. The second-order valence-electron chi connectivity index (χ2n) is 1.58. The summed E-state index contributed by atoms with van der Waals surface area (Å²) < 4.78 is 4.80. The summed E-state index contributed by atoms with van der Waals surface area (Å²) in [6, 6.07) is 0. The smallest absolute Gasteiger partial charge is 0.158 e. The summed E-state index contributed by atoms with van der Waals surface area (Å²) in [7, 11) is 0. The highest BCUT2D eigenvalue weighted by Crippen LogP contribution is 1.83. The molecule has 0 fully saturated rings. The molecule has 0 aliphatic rings. The lowest BCUT2D eigenvalue weighted by molar-refractivity contribution is -0.114. The summed E-state index contributed by atoms with van der Waals surface area (Å²) in [6.45, 7) is 4.31. The topological polar surface area (TPSA) is 26.3 Å². The van der Waals surface area contributed by atoms with E-state index in [0.717, 1.165) is 0 Å². The van der Waals surface area contributed by atoms with Crippen LogP contribution in [0.3, 0.4) is 0 Å². The molecule has 0 N–H and O–H groups in total. The van der Waals surface area contributed by atoms with Crippen molar-refractivity contribution in [2.75, 3.05) is 6.61 Å². The van der Waals surface area contributed by atoms with Crippen molar-refractivity contribution in [2.24, 2.45) is 0 Å². The third-order valence-corrected chi connectivity index (χ3v) is 0.865. The summed E-state index contributed by atoms with van der Waals surface area (Å²) >= 11 is 0. The van der Waals surface area contributed by atoms with Gasteiger partial charge in [0.15, 0.2) is 5.78 Å². The van der Waals surface area contributed by atoms with Crippen molar-refractivity contribution in [1.82, 2.24) is 0 Å². The van der Waals surface area contributed by atoms with E-state index < -0.39 is 0 Å². The minimum Gasteiger partial charge on any atom is -0.501 e. The van der Waals surface area contributed by atoms with Crippen molar-refractivity contribution in [3.63, 3.8) is 0 Å². The molecule has 0 radical (unpaired) electrons. The van der Waals surface area contributed by atoms with Crippen molar-refractivity contribution < 1.29 is 9.53 Å². The molecule has 0 aromatic heterocycles. The first-order chi connectivity index (χ1) is 4.31. The number of carbonyl (C=O) groups is 1. The quantitative estimate of drug-likeness (QED) is 0.424. The molecule has 0 aliphatic carbocycles. The summed E-state index contributed by atoms with van der Waals surface area (Å²) in [5.74, 6) is 0.100. The molecule has 0 heterocycles. The van der Waals surface area contributed by atoms with E-state index in [9.17, 15) is 4.79 Å². The minimum atomic E-state index is 0.100. The molecule has 2 nitrogen and oxygen atoms in total. The van der Waals surface area contributed by atoms with E-state index >= 15 is 0 Å². The summed E-state index contributed by atoms with van der Waals surface area (Å²) in [6.07, 6.45) is 3.43. The molecule has 52 valence electrons. The van der Waals surface area contributed by atoms with E-state index in [-0.39, 0.29) is 5.78 Å². The second kappa shape index (κ2) is 5.35. The van der Waals surface area contributed by atoms with Crippen LogP contribution in [0.5, 0.6) is 0 Å². The van der Waals surface area contributed by atoms with E-state index in [4.69, 9.17) is 4.74 Å². The van der Waals surface area contributed by atoms with Gasteiger partial charge < -0.3 is 4.74 Å². The Hall–Kier alpha value is -0.790. The standard InChI is InChI=1S/C7H12O2/c1-3-7(8)5-6-9-4-2/h5-6H,3-4H2,1-2H3. The number of ketones is 1. The largest absolute Gasteiger partial charge is 0.501 e. The van der Waals surface area contributed by atoms with Gasteiger partial charge in [-0.3, -0.25) is 4.79 Å².